The number of hydrogen-bond donors (Lipinski definition) is 0. The molecule has 0 N–H and O–H groups in total. The Balaban J connectivity index is 2.01. The molecule has 0 bridgehead atoms. The van der Waals surface area contributed by atoms with Crippen molar-refractivity contribution in [2.24, 2.45) is 0 Å². The van der Waals surface area contributed by atoms with Crippen LogP contribution in [0.15, 0.2) is 42.2 Å². The molecule has 0 unspecified atom stereocenters. The van der Waals surface area contributed by atoms with E-state index in [1.54, 1.807) is 19.9 Å². The van der Waals surface area contributed by atoms with E-state index in [2.05, 4.69) is 25.9 Å². The maximum absolute atomic E-state index is 12.6. The van der Waals surface area contributed by atoms with Crippen molar-refractivity contribution in [1.82, 2.24) is 0 Å². The second-order valence-corrected chi connectivity index (χ2v) is 8.78. The fourth-order valence-electron chi connectivity index (χ4n) is 3.05. The van der Waals surface area contributed by atoms with E-state index in [0.29, 0.717) is 28.2 Å². The minimum absolute atomic E-state index is 0.0807. The van der Waals surface area contributed by atoms with Gasteiger partial charge in [0.1, 0.15) is 11.9 Å². The predicted molar refractivity (Wildman–Crippen MR) is 133 cm³/mol. The van der Waals surface area contributed by atoms with Crippen LogP contribution in [0, 0.1) is 12.0 Å². The molecular formula is C26H25ClO5S. The first-order chi connectivity index (χ1) is 15.9. The van der Waals surface area contributed by atoms with Gasteiger partial charge >= 0.3 is 5.97 Å². The van der Waals surface area contributed by atoms with Crippen molar-refractivity contribution in [2.75, 3.05) is 13.7 Å². The van der Waals surface area contributed by atoms with Gasteiger partial charge in [-0.05, 0) is 36.6 Å². The minimum Gasteiger partial charge on any atom is -0.493 e. The van der Waals surface area contributed by atoms with E-state index in [0.717, 1.165) is 15.0 Å². The lowest BCUT2D eigenvalue weighted by Crippen LogP contribution is -2.12. The molecule has 0 aliphatic carbocycles. The monoisotopic (exact) mass is 484 g/mol. The molecule has 0 aliphatic rings. The van der Waals surface area contributed by atoms with Gasteiger partial charge in [-0.1, -0.05) is 43.5 Å². The average Bonchev–Trinajstić information content (AvgIpc) is 3.21. The Morgan fingerprint density at radius 3 is 2.55 bits per heavy atom. The SMILES string of the molecule is CC#COc1c(OC)cc2sc(C=C(Oc3ccc(C(C)C)cc3)C(=O)OCC)cc2c1Cl. The van der Waals surface area contributed by atoms with Gasteiger partial charge < -0.3 is 18.9 Å². The highest BCUT2D eigenvalue weighted by atomic mass is 35.5. The minimum atomic E-state index is -0.547. The summed E-state index contributed by atoms with van der Waals surface area (Å²) in [6, 6.07) is 11.3. The van der Waals surface area contributed by atoms with E-state index in [1.807, 2.05) is 36.4 Å². The zero-order chi connectivity index (χ0) is 24.0. The number of halogens is 1. The quantitative estimate of drug-likeness (QED) is 0.149. The fraction of sp³-hybridized carbons (Fsp3) is 0.269. The molecule has 3 rings (SSSR count). The van der Waals surface area contributed by atoms with Crippen LogP contribution in [0.5, 0.6) is 17.2 Å². The maximum atomic E-state index is 12.6. The van der Waals surface area contributed by atoms with Crippen LogP contribution in [-0.4, -0.2) is 19.7 Å². The zero-order valence-corrected chi connectivity index (χ0v) is 20.7. The summed E-state index contributed by atoms with van der Waals surface area (Å²) in [5.74, 6) is 3.97. The summed E-state index contributed by atoms with van der Waals surface area (Å²) in [5.41, 5.74) is 1.18. The van der Waals surface area contributed by atoms with Crippen LogP contribution in [0.2, 0.25) is 5.02 Å². The van der Waals surface area contributed by atoms with Gasteiger partial charge in [-0.25, -0.2) is 4.79 Å². The third-order valence-electron chi connectivity index (χ3n) is 4.70. The molecule has 172 valence electrons. The third-order valence-corrected chi connectivity index (χ3v) is 6.11. The Kier molecular flexibility index (Phi) is 8.26. The predicted octanol–water partition coefficient (Wildman–Crippen LogP) is 7.03. The van der Waals surface area contributed by atoms with Crippen molar-refractivity contribution in [2.45, 2.75) is 33.6 Å². The van der Waals surface area contributed by atoms with Crippen molar-refractivity contribution in [3.05, 3.63) is 57.6 Å². The zero-order valence-electron chi connectivity index (χ0n) is 19.2. The van der Waals surface area contributed by atoms with Crippen molar-refractivity contribution in [3.8, 4) is 29.3 Å². The fourth-order valence-corrected chi connectivity index (χ4v) is 4.43. The van der Waals surface area contributed by atoms with Gasteiger partial charge in [-0.2, -0.15) is 0 Å². The van der Waals surface area contributed by atoms with Crippen molar-refractivity contribution in [1.29, 1.82) is 0 Å². The molecule has 7 heteroatoms. The largest absolute Gasteiger partial charge is 0.493 e. The first kappa shape index (κ1) is 24.5. The topological polar surface area (TPSA) is 54.0 Å². The molecule has 3 aromatic rings. The number of ether oxygens (including phenoxy) is 4. The van der Waals surface area contributed by atoms with Crippen LogP contribution in [0.1, 0.15) is 44.1 Å². The Hall–Kier alpha value is -3.14. The number of fused-ring (bicyclic) bond motifs is 1. The van der Waals surface area contributed by atoms with Crippen molar-refractivity contribution in [3.63, 3.8) is 0 Å². The molecule has 1 heterocycles. The maximum Gasteiger partial charge on any atom is 0.374 e. The normalized spacial score (nSPS) is 11.2. The van der Waals surface area contributed by atoms with E-state index in [1.165, 1.54) is 24.0 Å². The molecule has 0 atom stereocenters. The molecule has 1 aromatic heterocycles. The average molecular weight is 485 g/mol. The highest BCUT2D eigenvalue weighted by Gasteiger charge is 2.19. The van der Waals surface area contributed by atoms with Crippen molar-refractivity contribution < 1.29 is 23.7 Å². The number of esters is 1. The molecule has 0 fully saturated rings. The van der Waals surface area contributed by atoms with Crippen LogP contribution >= 0.6 is 22.9 Å². The Morgan fingerprint density at radius 1 is 1.21 bits per heavy atom. The molecule has 0 spiro atoms. The highest BCUT2D eigenvalue weighted by molar-refractivity contribution is 7.20. The molecule has 0 saturated heterocycles. The smallest absolute Gasteiger partial charge is 0.374 e. The molecule has 0 saturated carbocycles. The van der Waals surface area contributed by atoms with E-state index >= 15 is 0 Å². The number of carbonyl (C=O) groups is 1. The molecule has 5 nitrogen and oxygen atoms in total. The molecule has 33 heavy (non-hydrogen) atoms. The Morgan fingerprint density at radius 2 is 1.94 bits per heavy atom. The van der Waals surface area contributed by atoms with E-state index < -0.39 is 5.97 Å². The number of hydrogen-bond acceptors (Lipinski definition) is 6. The molecular weight excluding hydrogens is 460 g/mol. The molecule has 0 radical (unpaired) electrons. The summed E-state index contributed by atoms with van der Waals surface area (Å²) < 4.78 is 22.8. The lowest BCUT2D eigenvalue weighted by atomic mass is 10.0. The number of carbonyl (C=O) groups excluding carboxylic acids is 1. The summed E-state index contributed by atoms with van der Waals surface area (Å²) >= 11 is 8.02. The Bertz CT molecular complexity index is 1230. The van der Waals surface area contributed by atoms with Crippen LogP contribution in [0.3, 0.4) is 0 Å². The van der Waals surface area contributed by atoms with E-state index in [9.17, 15) is 4.79 Å². The molecule has 2 aromatic carbocycles. The lowest BCUT2D eigenvalue weighted by molar-refractivity contribution is -0.140. The summed E-state index contributed by atoms with van der Waals surface area (Å²) in [7, 11) is 1.54. The van der Waals surface area contributed by atoms with Gasteiger partial charge in [-0.15, -0.1) is 11.3 Å². The molecule has 0 amide bonds. The van der Waals surface area contributed by atoms with Crippen LogP contribution in [-0.2, 0) is 9.53 Å². The summed E-state index contributed by atoms with van der Waals surface area (Å²) in [6.45, 7) is 7.89. The highest BCUT2D eigenvalue weighted by Crippen LogP contribution is 2.44. The second-order valence-electron chi connectivity index (χ2n) is 7.29. The van der Waals surface area contributed by atoms with Crippen LogP contribution in [0.25, 0.3) is 16.2 Å². The summed E-state index contributed by atoms with van der Waals surface area (Å²) in [4.78, 5) is 13.3. The Labute approximate surface area is 202 Å². The molecule has 0 aliphatic heterocycles. The van der Waals surface area contributed by atoms with Gasteiger partial charge in [-0.3, -0.25) is 0 Å². The number of benzene rings is 2. The lowest BCUT2D eigenvalue weighted by Gasteiger charge is -2.11. The van der Waals surface area contributed by atoms with E-state index in [4.69, 9.17) is 30.5 Å². The number of thiophene rings is 1. The summed E-state index contributed by atoms with van der Waals surface area (Å²) in [5, 5.41) is 1.14. The van der Waals surface area contributed by atoms with Gasteiger partial charge in [0, 0.05) is 34.0 Å². The first-order valence-corrected chi connectivity index (χ1v) is 11.6. The standard InChI is InChI=1S/C26H25ClO5S/c1-6-12-31-25-21(29-5)15-23-20(24(25)27)13-19(33-23)14-22(26(28)30-7-2)32-18-10-8-17(9-11-18)16(3)4/h8-11,13-16H,7H2,1-5H3. The van der Waals surface area contributed by atoms with Gasteiger partial charge in [0.15, 0.2) is 5.75 Å². The van der Waals surface area contributed by atoms with E-state index in [-0.39, 0.29) is 12.4 Å². The van der Waals surface area contributed by atoms with Crippen LogP contribution < -0.4 is 14.2 Å². The van der Waals surface area contributed by atoms with Gasteiger partial charge in [0.05, 0.1) is 18.7 Å². The van der Waals surface area contributed by atoms with Crippen molar-refractivity contribution >= 4 is 45.1 Å². The number of rotatable bonds is 8. The second kappa shape index (κ2) is 11.1. The summed E-state index contributed by atoms with van der Waals surface area (Å²) in [6.07, 6.45) is 4.19. The van der Waals surface area contributed by atoms with Gasteiger partial charge in [0.2, 0.25) is 11.5 Å². The van der Waals surface area contributed by atoms with Crippen LogP contribution in [0.4, 0.5) is 0 Å². The van der Waals surface area contributed by atoms with Gasteiger partial charge in [0.25, 0.3) is 0 Å². The third kappa shape index (κ3) is 5.81. The first-order valence-electron chi connectivity index (χ1n) is 10.4. The number of methoxy groups -OCH3 is 1.